The van der Waals surface area contributed by atoms with E-state index in [4.69, 9.17) is 17.1 Å². The second kappa shape index (κ2) is 15.4. The van der Waals surface area contributed by atoms with Gasteiger partial charge in [0.2, 0.25) is 0 Å². The number of benzene rings is 3. The first-order valence-corrected chi connectivity index (χ1v) is 24.5. The fourth-order valence-electron chi connectivity index (χ4n) is 7.55. The molecule has 2 aliphatic heterocycles. The Hall–Kier alpha value is -2.42. The minimum atomic E-state index is -2.97. The second-order valence-electron chi connectivity index (χ2n) is 13.0. The summed E-state index contributed by atoms with van der Waals surface area (Å²) in [4.78, 5) is 2.40. The van der Waals surface area contributed by atoms with Gasteiger partial charge in [-0.05, 0) is 0 Å². The van der Waals surface area contributed by atoms with Crippen LogP contribution in [0.3, 0.4) is 0 Å². The first kappa shape index (κ1) is 33.9. The van der Waals surface area contributed by atoms with Crippen LogP contribution in [0.1, 0.15) is 90.2 Å². The maximum atomic E-state index is 7.17. The molecule has 0 saturated carbocycles. The van der Waals surface area contributed by atoms with Crippen molar-refractivity contribution in [1.82, 2.24) is 4.81 Å². The summed E-state index contributed by atoms with van der Waals surface area (Å²) in [5.74, 6) is 1.67. The monoisotopic (exact) mass is 717 g/mol. The zero-order valence-corrected chi connectivity index (χ0v) is 30.8. The molecule has 45 heavy (non-hydrogen) atoms. The number of unbranched alkanes of at least 4 members (excludes halogenated alkanes) is 3. The van der Waals surface area contributed by atoms with Crippen molar-refractivity contribution in [2.24, 2.45) is 0 Å². The molecule has 0 unspecified atom stereocenters. The van der Waals surface area contributed by atoms with Crippen LogP contribution >= 0.6 is 0 Å². The van der Waals surface area contributed by atoms with Crippen LogP contribution in [0, 0.1) is 0 Å². The van der Waals surface area contributed by atoms with E-state index in [1.54, 1.807) is 0 Å². The average molecular weight is 716 g/mol. The normalized spacial score (nSPS) is 19.3. The summed E-state index contributed by atoms with van der Waals surface area (Å²) in [6.45, 7) is 14.4. The number of hydrogen-bond acceptors (Lipinski definition) is 5. The average Bonchev–Trinajstić information content (AvgIpc) is 3.57. The molecule has 240 valence electrons. The summed E-state index contributed by atoms with van der Waals surface area (Å²) in [5, 5.41) is 0. The summed E-state index contributed by atoms with van der Waals surface area (Å²) in [5.41, 5.74) is 1.29. The van der Waals surface area contributed by atoms with E-state index in [9.17, 15) is 0 Å². The molecule has 2 fully saturated rings. The molecule has 0 aliphatic carbocycles. The topological polar surface area (TPSA) is 40.2 Å². The molecule has 2 aliphatic rings. The molecule has 7 heteroatoms. The molecule has 3 aromatic rings. The Labute approximate surface area is 276 Å². The molecule has 0 aromatic heterocycles. The van der Waals surface area contributed by atoms with E-state index in [0.29, 0.717) is 17.4 Å². The van der Waals surface area contributed by atoms with Crippen LogP contribution in [-0.2, 0) is 13.3 Å². The third-order valence-corrected chi connectivity index (χ3v) is 22.7. The summed E-state index contributed by atoms with van der Waals surface area (Å²) in [6.07, 6.45) is 9.30. The van der Waals surface area contributed by atoms with Crippen LogP contribution in [0.2, 0.25) is 13.3 Å². The number of rotatable bonds is 17. The molecule has 0 spiro atoms. The summed E-state index contributed by atoms with van der Waals surface area (Å²) in [6, 6.07) is 29.1. The summed E-state index contributed by atoms with van der Waals surface area (Å²) in [7, 11) is -0.589. The van der Waals surface area contributed by atoms with Gasteiger partial charge in [0.25, 0.3) is 0 Å². The third-order valence-electron chi connectivity index (χ3n) is 9.94. The van der Waals surface area contributed by atoms with Crippen LogP contribution in [0.5, 0.6) is 11.5 Å². The van der Waals surface area contributed by atoms with E-state index in [0.717, 1.165) is 30.5 Å². The van der Waals surface area contributed by atoms with Gasteiger partial charge in [0, 0.05) is 0 Å². The van der Waals surface area contributed by atoms with Crippen molar-refractivity contribution in [3.05, 3.63) is 109 Å². The van der Waals surface area contributed by atoms with Crippen molar-refractivity contribution in [3.63, 3.8) is 0 Å². The van der Waals surface area contributed by atoms with Crippen molar-refractivity contribution < 1.29 is 17.1 Å². The summed E-state index contributed by atoms with van der Waals surface area (Å²) >= 11 is -2.97. The van der Waals surface area contributed by atoms with E-state index in [1.807, 2.05) is 24.3 Å². The van der Waals surface area contributed by atoms with E-state index in [1.165, 1.54) is 51.8 Å². The van der Waals surface area contributed by atoms with Crippen molar-refractivity contribution in [2.45, 2.75) is 104 Å². The zero-order chi connectivity index (χ0) is 31.8. The Morgan fingerprint density at radius 3 is 1.84 bits per heavy atom. The van der Waals surface area contributed by atoms with Crippen molar-refractivity contribution in [3.8, 4) is 11.5 Å². The number of ether oxygens (including phenoxy) is 1. The van der Waals surface area contributed by atoms with E-state index < -0.39 is 31.6 Å². The Morgan fingerprint density at radius 1 is 0.800 bits per heavy atom. The molecule has 5 rings (SSSR count). The van der Waals surface area contributed by atoms with Crippen LogP contribution in [0.25, 0.3) is 0 Å². The molecule has 2 saturated heterocycles. The molecular formula is C38H52BNO4Sn. The Morgan fingerprint density at radius 2 is 1.31 bits per heavy atom. The first-order chi connectivity index (χ1) is 21.9. The number of hydrogen-bond donors (Lipinski definition) is 0. The van der Waals surface area contributed by atoms with Crippen molar-refractivity contribution in [1.29, 1.82) is 0 Å². The molecule has 0 bridgehead atoms. The molecule has 0 amide bonds. The van der Waals surface area contributed by atoms with Crippen LogP contribution < -0.4 is 9.39 Å². The predicted molar refractivity (Wildman–Crippen MR) is 188 cm³/mol. The van der Waals surface area contributed by atoms with Gasteiger partial charge in [-0.15, -0.1) is 0 Å². The minimum absolute atomic E-state index is 0.297. The Kier molecular flexibility index (Phi) is 11.6. The van der Waals surface area contributed by atoms with Crippen LogP contribution in [0.15, 0.2) is 97.5 Å². The van der Waals surface area contributed by atoms with E-state index in [-0.39, 0.29) is 5.54 Å². The van der Waals surface area contributed by atoms with Gasteiger partial charge in [0.15, 0.2) is 0 Å². The predicted octanol–water partition coefficient (Wildman–Crippen LogP) is 10.1. The quantitative estimate of drug-likeness (QED) is 0.103. The van der Waals surface area contributed by atoms with Gasteiger partial charge in [-0.1, -0.05) is 12.1 Å². The second-order valence-corrected chi connectivity index (χ2v) is 24.7. The van der Waals surface area contributed by atoms with Gasteiger partial charge < -0.3 is 0 Å². The molecule has 0 radical (unpaired) electrons. The Balaban J connectivity index is 1.42. The van der Waals surface area contributed by atoms with E-state index >= 15 is 0 Å². The standard InChI is InChI=1S/C26H26BNO4.3C4H9.Sn/c1-20(29)30-23-16-9-10-17-24(23)31-27-28-19-11-18-25(28,2)26(32-27,21-12-5-3-6-13-21)22-14-7-4-8-15-22;3*1-3-4-2;/h3-10,12-17,29H,1,11,18-19H2,2H3;3*1,3-4H2,2H3;/q;;;;+1/p-1/t25-;;;;/m0..../s1. The molecule has 2 heterocycles. The molecule has 5 nitrogen and oxygen atoms in total. The van der Waals surface area contributed by atoms with Crippen molar-refractivity contribution >= 4 is 26.0 Å². The van der Waals surface area contributed by atoms with Crippen LogP contribution in [0.4, 0.5) is 0 Å². The third kappa shape index (κ3) is 7.13. The SMILES string of the molecule is C=C(Oc1ccccc1OB1OC(c2ccccc2)(c2ccccc2)[C@]2(C)CCCN12)[O][Sn]([CH2]CCC)([CH2]CCC)[CH2]CCC. The van der Waals surface area contributed by atoms with Crippen LogP contribution in [-0.4, -0.2) is 42.9 Å². The van der Waals surface area contributed by atoms with E-state index in [2.05, 4.69) is 99.7 Å². The van der Waals surface area contributed by atoms with Crippen molar-refractivity contribution in [2.75, 3.05) is 6.54 Å². The molecule has 3 aromatic carbocycles. The fourth-order valence-corrected chi connectivity index (χ4v) is 20.6. The fraction of sp³-hybridized carbons (Fsp3) is 0.474. The Bertz CT molecular complexity index is 1310. The van der Waals surface area contributed by atoms with Gasteiger partial charge >= 0.3 is 266 Å². The summed E-state index contributed by atoms with van der Waals surface area (Å²) < 4.78 is 31.0. The number of para-hydroxylation sites is 2. The van der Waals surface area contributed by atoms with Gasteiger partial charge in [0.05, 0.1) is 0 Å². The first-order valence-electron chi connectivity index (χ1n) is 17.3. The maximum absolute atomic E-state index is 7.17. The van der Waals surface area contributed by atoms with Gasteiger partial charge in [-0.2, -0.15) is 0 Å². The number of nitrogens with zero attached hydrogens (tertiary/aromatic N) is 1. The zero-order valence-electron chi connectivity index (χ0n) is 27.9. The van der Waals surface area contributed by atoms with Gasteiger partial charge in [-0.25, -0.2) is 0 Å². The molecular weight excluding hydrogens is 664 g/mol. The molecule has 0 N–H and O–H groups in total. The molecule has 1 atom stereocenters. The number of fused-ring (bicyclic) bond motifs is 1. The van der Waals surface area contributed by atoms with Gasteiger partial charge in [-0.3, -0.25) is 0 Å². The van der Waals surface area contributed by atoms with Gasteiger partial charge in [0.1, 0.15) is 0 Å².